The monoisotopic (exact) mass is 310 g/mol. The molecule has 1 aliphatic heterocycles. The number of pyridine rings is 1. The highest BCUT2D eigenvalue weighted by molar-refractivity contribution is 6.06. The summed E-state index contributed by atoms with van der Waals surface area (Å²) in [6, 6.07) is 9.83. The summed E-state index contributed by atoms with van der Waals surface area (Å²) in [4.78, 5) is 27.1. The maximum absolute atomic E-state index is 12.0. The molecule has 2 amide bonds. The number of aromatic hydroxyl groups is 1. The van der Waals surface area contributed by atoms with Gasteiger partial charge in [-0.15, -0.1) is 0 Å². The normalized spacial score (nSPS) is 13.9. The fraction of sp³-hybridized carbons (Fsp3) is 0.125. The van der Waals surface area contributed by atoms with Crippen LogP contribution in [0.3, 0.4) is 0 Å². The van der Waals surface area contributed by atoms with Crippen molar-refractivity contribution >= 4 is 23.2 Å². The van der Waals surface area contributed by atoms with Gasteiger partial charge in [-0.3, -0.25) is 14.6 Å². The Labute approximate surface area is 132 Å². The summed E-state index contributed by atoms with van der Waals surface area (Å²) in [6.07, 6.45) is 2.38. The van der Waals surface area contributed by atoms with Crippen LogP contribution in [0.2, 0.25) is 0 Å². The third kappa shape index (κ3) is 3.34. The Morgan fingerprint density at radius 3 is 2.74 bits per heavy atom. The van der Waals surface area contributed by atoms with Crippen molar-refractivity contribution in [2.24, 2.45) is 5.10 Å². The number of hydrazone groups is 1. The Morgan fingerprint density at radius 2 is 2.09 bits per heavy atom. The van der Waals surface area contributed by atoms with Crippen LogP contribution in [-0.2, 0) is 4.79 Å². The second-order valence-corrected chi connectivity index (χ2v) is 4.99. The van der Waals surface area contributed by atoms with Crippen molar-refractivity contribution in [2.45, 2.75) is 12.8 Å². The van der Waals surface area contributed by atoms with Gasteiger partial charge in [-0.25, -0.2) is 5.43 Å². The lowest BCUT2D eigenvalue weighted by atomic mass is 10.0. The molecular formula is C16H14N4O3. The van der Waals surface area contributed by atoms with Gasteiger partial charge in [0.15, 0.2) is 0 Å². The molecule has 0 aliphatic carbocycles. The molecule has 0 bridgehead atoms. The molecule has 0 radical (unpaired) electrons. The van der Waals surface area contributed by atoms with Crippen LogP contribution in [0.4, 0.5) is 5.69 Å². The zero-order chi connectivity index (χ0) is 16.2. The first-order valence-corrected chi connectivity index (χ1v) is 7.04. The van der Waals surface area contributed by atoms with Crippen LogP contribution in [-0.4, -0.2) is 27.6 Å². The van der Waals surface area contributed by atoms with Gasteiger partial charge in [0.05, 0.1) is 11.4 Å². The second kappa shape index (κ2) is 6.27. The maximum Gasteiger partial charge on any atom is 0.274 e. The quantitative estimate of drug-likeness (QED) is 0.750. The van der Waals surface area contributed by atoms with Gasteiger partial charge in [-0.05, 0) is 24.3 Å². The van der Waals surface area contributed by atoms with E-state index in [1.807, 2.05) is 0 Å². The smallest absolute Gasteiger partial charge is 0.274 e. The molecule has 1 aromatic heterocycles. The van der Waals surface area contributed by atoms with Crippen molar-refractivity contribution in [3.05, 3.63) is 53.9 Å². The van der Waals surface area contributed by atoms with E-state index in [-0.39, 0.29) is 23.0 Å². The third-order valence-corrected chi connectivity index (χ3v) is 3.38. The molecule has 7 heteroatoms. The van der Waals surface area contributed by atoms with Crippen LogP contribution >= 0.6 is 0 Å². The zero-order valence-corrected chi connectivity index (χ0v) is 12.1. The van der Waals surface area contributed by atoms with E-state index in [1.165, 1.54) is 12.3 Å². The number of nitrogens with zero attached hydrogens (tertiary/aromatic N) is 2. The largest absolute Gasteiger partial charge is 0.506 e. The van der Waals surface area contributed by atoms with E-state index in [1.54, 1.807) is 30.3 Å². The molecular weight excluding hydrogens is 296 g/mol. The number of carbonyl (C=O) groups excluding carboxylic acids is 2. The first-order valence-electron chi connectivity index (χ1n) is 7.04. The lowest BCUT2D eigenvalue weighted by Gasteiger charge is -2.13. The van der Waals surface area contributed by atoms with Crippen molar-refractivity contribution in [1.82, 2.24) is 10.4 Å². The molecule has 0 unspecified atom stereocenters. The van der Waals surface area contributed by atoms with Gasteiger partial charge in [-0.2, -0.15) is 5.10 Å². The SMILES string of the molecule is O=C1CCC(c2ccc(NC(=O)c3ccccn3)c(O)c2)=NN1. The van der Waals surface area contributed by atoms with Gasteiger partial charge in [0.1, 0.15) is 11.4 Å². The summed E-state index contributed by atoms with van der Waals surface area (Å²) >= 11 is 0. The number of anilines is 1. The van der Waals surface area contributed by atoms with Gasteiger partial charge in [0.2, 0.25) is 5.91 Å². The number of amides is 2. The molecule has 3 N–H and O–H groups in total. The van der Waals surface area contributed by atoms with Crippen molar-refractivity contribution in [2.75, 3.05) is 5.32 Å². The number of nitrogens with one attached hydrogen (secondary N) is 2. The molecule has 2 heterocycles. The second-order valence-electron chi connectivity index (χ2n) is 4.99. The minimum Gasteiger partial charge on any atom is -0.506 e. The van der Waals surface area contributed by atoms with Crippen molar-refractivity contribution < 1.29 is 14.7 Å². The Balaban J connectivity index is 1.77. The molecule has 7 nitrogen and oxygen atoms in total. The maximum atomic E-state index is 12.0. The first kappa shape index (κ1) is 14.7. The minimum absolute atomic E-state index is 0.0774. The first-order chi connectivity index (χ1) is 11.1. The van der Waals surface area contributed by atoms with Crippen LogP contribution in [0.25, 0.3) is 0 Å². The highest BCUT2D eigenvalue weighted by atomic mass is 16.3. The summed E-state index contributed by atoms with van der Waals surface area (Å²) in [6.45, 7) is 0. The fourth-order valence-electron chi connectivity index (χ4n) is 2.18. The molecule has 0 atom stereocenters. The predicted octanol–water partition coefficient (Wildman–Crippen LogP) is 1.65. The molecule has 116 valence electrons. The van der Waals surface area contributed by atoms with Crippen LogP contribution in [0.15, 0.2) is 47.7 Å². The van der Waals surface area contributed by atoms with Crippen molar-refractivity contribution in [3.63, 3.8) is 0 Å². The Kier molecular flexibility index (Phi) is 4.01. The number of benzene rings is 1. The van der Waals surface area contributed by atoms with Gasteiger partial charge >= 0.3 is 0 Å². The lowest BCUT2D eigenvalue weighted by Crippen LogP contribution is -2.25. The van der Waals surface area contributed by atoms with Gasteiger partial charge in [-0.1, -0.05) is 12.1 Å². The summed E-state index contributed by atoms with van der Waals surface area (Å²) in [5.74, 6) is -0.612. The molecule has 0 spiro atoms. The Morgan fingerprint density at radius 1 is 1.22 bits per heavy atom. The van der Waals surface area contributed by atoms with Crippen LogP contribution in [0.1, 0.15) is 28.9 Å². The van der Waals surface area contributed by atoms with Crippen LogP contribution < -0.4 is 10.7 Å². The van der Waals surface area contributed by atoms with Gasteiger partial charge in [0.25, 0.3) is 5.91 Å². The predicted molar refractivity (Wildman–Crippen MR) is 84.2 cm³/mol. The molecule has 1 aliphatic rings. The van der Waals surface area contributed by atoms with Gasteiger partial charge in [0, 0.05) is 24.6 Å². The highest BCUT2D eigenvalue weighted by Crippen LogP contribution is 2.26. The van der Waals surface area contributed by atoms with E-state index in [2.05, 4.69) is 20.8 Å². The topological polar surface area (TPSA) is 104 Å². The average molecular weight is 310 g/mol. The number of phenols is 1. The van der Waals surface area contributed by atoms with Gasteiger partial charge < -0.3 is 10.4 Å². The average Bonchev–Trinajstić information content (AvgIpc) is 2.58. The number of hydrogen-bond donors (Lipinski definition) is 3. The van der Waals surface area contributed by atoms with Crippen LogP contribution in [0.5, 0.6) is 5.75 Å². The molecule has 0 fully saturated rings. The summed E-state index contributed by atoms with van der Waals surface area (Å²) in [5, 5.41) is 16.7. The standard InChI is InChI=1S/C16H14N4O3/c21-14-9-10(11-6-7-15(22)20-19-11)4-5-12(14)18-16(23)13-3-1-2-8-17-13/h1-5,8-9,21H,6-7H2,(H,18,23)(H,20,22). The third-order valence-electron chi connectivity index (χ3n) is 3.38. The van der Waals surface area contributed by atoms with E-state index >= 15 is 0 Å². The van der Waals surface area contributed by atoms with Crippen molar-refractivity contribution in [3.8, 4) is 5.75 Å². The number of aromatic nitrogens is 1. The Hall–Kier alpha value is -3.22. The number of hydrogen-bond acceptors (Lipinski definition) is 5. The lowest BCUT2D eigenvalue weighted by molar-refractivity contribution is -0.121. The summed E-state index contributed by atoms with van der Waals surface area (Å²) in [7, 11) is 0. The van der Waals surface area contributed by atoms with E-state index in [9.17, 15) is 14.7 Å². The fourth-order valence-corrected chi connectivity index (χ4v) is 2.18. The number of rotatable bonds is 3. The van der Waals surface area contributed by atoms with E-state index in [0.29, 0.717) is 24.1 Å². The number of carbonyl (C=O) groups is 2. The summed E-state index contributed by atoms with van der Waals surface area (Å²) < 4.78 is 0. The molecule has 3 rings (SSSR count). The van der Waals surface area contributed by atoms with Crippen molar-refractivity contribution in [1.29, 1.82) is 0 Å². The highest BCUT2D eigenvalue weighted by Gasteiger charge is 2.15. The molecule has 23 heavy (non-hydrogen) atoms. The Bertz CT molecular complexity index is 787. The zero-order valence-electron chi connectivity index (χ0n) is 12.1. The molecule has 0 saturated carbocycles. The summed E-state index contributed by atoms with van der Waals surface area (Å²) in [5.41, 5.74) is 4.33. The van der Waals surface area contributed by atoms with E-state index in [0.717, 1.165) is 0 Å². The molecule has 2 aromatic rings. The van der Waals surface area contributed by atoms with E-state index < -0.39 is 5.91 Å². The minimum atomic E-state index is -0.407. The molecule has 0 saturated heterocycles. The number of phenolic OH excluding ortho intramolecular Hbond substituents is 1. The van der Waals surface area contributed by atoms with E-state index in [4.69, 9.17) is 0 Å². The molecule has 1 aromatic carbocycles. The van der Waals surface area contributed by atoms with Crippen LogP contribution in [0, 0.1) is 0 Å².